The van der Waals surface area contributed by atoms with Gasteiger partial charge in [0, 0.05) is 35.4 Å². The van der Waals surface area contributed by atoms with Crippen LogP contribution in [0, 0.1) is 5.92 Å². The lowest BCUT2D eigenvalue weighted by Crippen LogP contribution is -2.49. The Morgan fingerprint density at radius 3 is 2.21 bits per heavy atom. The van der Waals surface area contributed by atoms with E-state index in [-0.39, 0.29) is 23.9 Å². The maximum Gasteiger partial charge on any atom is 0.255 e. The van der Waals surface area contributed by atoms with Crippen molar-refractivity contribution in [3.63, 3.8) is 0 Å². The first-order valence-electron chi connectivity index (χ1n) is 14.4. The molecular formula is C33H40N4O2. The Morgan fingerprint density at radius 2 is 1.49 bits per heavy atom. The largest absolute Gasteiger partial charge is 0.348 e. The van der Waals surface area contributed by atoms with Gasteiger partial charge < -0.3 is 16.4 Å². The Bertz CT molecular complexity index is 1240. The molecule has 3 aromatic carbocycles. The molecule has 1 saturated heterocycles. The molecule has 1 aliphatic carbocycles. The fraction of sp³-hybridized carbons (Fsp3) is 0.394. The molecule has 39 heavy (non-hydrogen) atoms. The van der Waals surface area contributed by atoms with Gasteiger partial charge in [-0.15, -0.1) is 0 Å². The van der Waals surface area contributed by atoms with Gasteiger partial charge in [0.25, 0.3) is 11.8 Å². The third-order valence-electron chi connectivity index (χ3n) is 8.26. The topological polar surface area (TPSA) is 87.5 Å². The number of likely N-dealkylation sites (tertiary alicyclic amines) is 1. The second kappa shape index (κ2) is 13.0. The minimum absolute atomic E-state index is 0.00883. The van der Waals surface area contributed by atoms with Gasteiger partial charge in [-0.1, -0.05) is 67.4 Å². The molecule has 0 radical (unpaired) electrons. The Hall–Kier alpha value is -3.48. The zero-order chi connectivity index (χ0) is 27.0. The van der Waals surface area contributed by atoms with Crippen LogP contribution in [-0.2, 0) is 13.0 Å². The number of hydrogen-bond acceptors (Lipinski definition) is 4. The molecule has 2 aliphatic rings. The minimum Gasteiger partial charge on any atom is -0.348 e. The molecular weight excluding hydrogens is 484 g/mol. The molecule has 1 saturated carbocycles. The van der Waals surface area contributed by atoms with Gasteiger partial charge in [0.05, 0.1) is 0 Å². The lowest BCUT2D eigenvalue weighted by Gasteiger charge is -2.32. The van der Waals surface area contributed by atoms with Crippen molar-refractivity contribution in [2.45, 2.75) is 63.6 Å². The Balaban J connectivity index is 1.28. The third-order valence-corrected chi connectivity index (χ3v) is 8.26. The smallest absolute Gasteiger partial charge is 0.255 e. The van der Waals surface area contributed by atoms with Gasteiger partial charge in [-0.3, -0.25) is 14.5 Å². The van der Waals surface area contributed by atoms with Crippen molar-refractivity contribution < 1.29 is 9.59 Å². The number of nitrogens with zero attached hydrogens (tertiary/aromatic N) is 1. The first kappa shape index (κ1) is 27.1. The van der Waals surface area contributed by atoms with E-state index in [0.717, 1.165) is 70.1 Å². The Labute approximate surface area is 232 Å². The maximum atomic E-state index is 13.2. The molecule has 0 bridgehead atoms. The van der Waals surface area contributed by atoms with E-state index in [2.05, 4.69) is 45.9 Å². The average Bonchev–Trinajstić information content (AvgIpc) is 2.97. The van der Waals surface area contributed by atoms with E-state index in [9.17, 15) is 9.59 Å². The predicted octanol–water partition coefficient (Wildman–Crippen LogP) is 5.39. The molecule has 2 amide bonds. The number of benzene rings is 3. The predicted molar refractivity (Wildman–Crippen MR) is 157 cm³/mol. The number of nitrogens with two attached hydrogens (primary N) is 1. The third kappa shape index (κ3) is 7.34. The number of piperidine rings is 1. The van der Waals surface area contributed by atoms with E-state index in [0.29, 0.717) is 22.7 Å². The van der Waals surface area contributed by atoms with Crippen LogP contribution in [0.25, 0.3) is 0 Å². The van der Waals surface area contributed by atoms with Crippen LogP contribution in [0.2, 0.25) is 0 Å². The number of anilines is 1. The highest BCUT2D eigenvalue weighted by Crippen LogP contribution is 2.26. The number of rotatable bonds is 8. The summed E-state index contributed by atoms with van der Waals surface area (Å²) in [7, 11) is 0. The Kier molecular flexibility index (Phi) is 9.07. The van der Waals surface area contributed by atoms with Crippen LogP contribution in [-0.4, -0.2) is 41.9 Å². The van der Waals surface area contributed by atoms with Gasteiger partial charge in [-0.2, -0.15) is 0 Å². The summed E-state index contributed by atoms with van der Waals surface area (Å²) >= 11 is 0. The molecule has 1 heterocycles. The van der Waals surface area contributed by atoms with Crippen molar-refractivity contribution >= 4 is 17.5 Å². The second-order valence-corrected chi connectivity index (χ2v) is 11.1. The average molecular weight is 525 g/mol. The number of amides is 2. The summed E-state index contributed by atoms with van der Waals surface area (Å²) in [6, 6.07) is 25.6. The van der Waals surface area contributed by atoms with Gasteiger partial charge >= 0.3 is 0 Å². The van der Waals surface area contributed by atoms with Crippen LogP contribution in [0.4, 0.5) is 5.69 Å². The highest BCUT2D eigenvalue weighted by atomic mass is 16.2. The molecule has 5 rings (SSSR count). The fourth-order valence-corrected chi connectivity index (χ4v) is 5.88. The van der Waals surface area contributed by atoms with Crippen molar-refractivity contribution in [1.82, 2.24) is 10.2 Å². The molecule has 2 unspecified atom stereocenters. The van der Waals surface area contributed by atoms with Gasteiger partial charge in [0.1, 0.15) is 0 Å². The molecule has 0 spiro atoms. The summed E-state index contributed by atoms with van der Waals surface area (Å²) in [5.74, 6) is 0.379. The van der Waals surface area contributed by atoms with Crippen molar-refractivity contribution in [2.75, 3.05) is 18.4 Å². The van der Waals surface area contributed by atoms with Gasteiger partial charge in [0.2, 0.25) is 0 Å². The highest BCUT2D eigenvalue weighted by molar-refractivity contribution is 6.05. The summed E-state index contributed by atoms with van der Waals surface area (Å²) < 4.78 is 0. The fourth-order valence-electron chi connectivity index (χ4n) is 5.88. The number of nitrogens with one attached hydrogen (secondary N) is 2. The zero-order valence-corrected chi connectivity index (χ0v) is 22.6. The van der Waals surface area contributed by atoms with Gasteiger partial charge in [-0.25, -0.2) is 0 Å². The van der Waals surface area contributed by atoms with Crippen LogP contribution < -0.4 is 16.4 Å². The van der Waals surface area contributed by atoms with Crippen LogP contribution in [0.15, 0.2) is 78.9 Å². The van der Waals surface area contributed by atoms with E-state index >= 15 is 0 Å². The molecule has 6 nitrogen and oxygen atoms in total. The minimum atomic E-state index is -0.176. The van der Waals surface area contributed by atoms with Crippen LogP contribution >= 0.6 is 0 Å². The molecule has 6 heteroatoms. The van der Waals surface area contributed by atoms with E-state index in [4.69, 9.17) is 5.73 Å². The van der Waals surface area contributed by atoms with Crippen molar-refractivity contribution in [1.29, 1.82) is 0 Å². The SMILES string of the molecule is NC1CCCCC1NC(=O)c1ccc(CN2CCC(Cc3ccccc3)CC2)c(NC(=O)c2ccccc2)c1. The Morgan fingerprint density at radius 1 is 0.795 bits per heavy atom. The van der Waals surface area contributed by atoms with E-state index < -0.39 is 0 Å². The number of carbonyl (C=O) groups is 2. The first-order valence-corrected chi connectivity index (χ1v) is 14.4. The van der Waals surface area contributed by atoms with Crippen molar-refractivity contribution in [3.8, 4) is 0 Å². The summed E-state index contributed by atoms with van der Waals surface area (Å²) in [4.78, 5) is 28.7. The van der Waals surface area contributed by atoms with E-state index in [1.165, 1.54) is 5.56 Å². The maximum absolute atomic E-state index is 13.2. The van der Waals surface area contributed by atoms with Gasteiger partial charge in [0.15, 0.2) is 0 Å². The lowest BCUT2D eigenvalue weighted by atomic mass is 9.90. The first-order chi connectivity index (χ1) is 19.0. The highest BCUT2D eigenvalue weighted by Gasteiger charge is 2.25. The molecule has 3 aromatic rings. The quantitative estimate of drug-likeness (QED) is 0.369. The van der Waals surface area contributed by atoms with Crippen molar-refractivity contribution in [2.24, 2.45) is 11.7 Å². The van der Waals surface area contributed by atoms with Crippen LogP contribution in [0.3, 0.4) is 0 Å². The van der Waals surface area contributed by atoms with Crippen LogP contribution in [0.5, 0.6) is 0 Å². The summed E-state index contributed by atoms with van der Waals surface area (Å²) in [5, 5.41) is 6.23. The standard InChI is InChI=1S/C33H40N4O2/c34-29-13-7-8-14-30(29)35-33(39)27-15-16-28(31(22-27)36-32(38)26-11-5-2-6-12-26)23-37-19-17-25(18-20-37)21-24-9-3-1-4-10-24/h1-6,9-12,15-16,22,25,29-30H,7-8,13-14,17-21,23,34H2,(H,35,39)(H,36,38). The van der Waals surface area contributed by atoms with Crippen LogP contribution in [0.1, 0.15) is 70.4 Å². The number of carbonyl (C=O) groups excluding carboxylic acids is 2. The monoisotopic (exact) mass is 524 g/mol. The number of hydrogen-bond donors (Lipinski definition) is 3. The molecule has 2 fully saturated rings. The molecule has 0 aromatic heterocycles. The summed E-state index contributed by atoms with van der Waals surface area (Å²) in [5.41, 5.74) is 10.5. The summed E-state index contributed by atoms with van der Waals surface area (Å²) in [6.07, 6.45) is 7.47. The van der Waals surface area contributed by atoms with Crippen molar-refractivity contribution in [3.05, 3.63) is 101 Å². The summed E-state index contributed by atoms with van der Waals surface area (Å²) in [6.45, 7) is 2.77. The molecule has 2 atom stereocenters. The molecule has 204 valence electrons. The van der Waals surface area contributed by atoms with Gasteiger partial charge in [-0.05, 0) is 86.5 Å². The normalized spacial score (nSPS) is 20.3. The van der Waals surface area contributed by atoms with E-state index in [1.54, 1.807) is 12.1 Å². The van der Waals surface area contributed by atoms with E-state index in [1.807, 2.05) is 36.4 Å². The lowest BCUT2D eigenvalue weighted by molar-refractivity contribution is 0.0920. The second-order valence-electron chi connectivity index (χ2n) is 11.1. The molecule has 4 N–H and O–H groups in total. The molecule has 1 aliphatic heterocycles. The zero-order valence-electron chi connectivity index (χ0n) is 22.6.